The molecule has 8 nitrogen and oxygen atoms in total. The summed E-state index contributed by atoms with van der Waals surface area (Å²) in [5.74, 6) is 1.62. The van der Waals surface area contributed by atoms with Crippen LogP contribution in [-0.4, -0.2) is 25.8 Å². The molecule has 2 N–H and O–H groups in total. The lowest BCUT2D eigenvalue weighted by Crippen LogP contribution is -2.20. The van der Waals surface area contributed by atoms with Gasteiger partial charge in [-0.1, -0.05) is 25.1 Å². The first-order valence-electron chi connectivity index (χ1n) is 10.3. The van der Waals surface area contributed by atoms with Crippen molar-refractivity contribution in [1.29, 1.82) is 0 Å². The zero-order valence-electron chi connectivity index (χ0n) is 18.2. The number of benzene rings is 2. The number of rotatable bonds is 6. The Labute approximate surface area is 186 Å². The van der Waals surface area contributed by atoms with Crippen LogP contribution in [0.2, 0.25) is 0 Å². The maximum Gasteiger partial charge on any atom is 0.323 e. The Morgan fingerprint density at radius 1 is 1.00 bits per heavy atom. The van der Waals surface area contributed by atoms with Gasteiger partial charge in [0.2, 0.25) is 5.88 Å². The molecule has 0 saturated carbocycles. The second kappa shape index (κ2) is 9.30. The number of aromatic nitrogens is 4. The van der Waals surface area contributed by atoms with Crippen molar-refractivity contribution in [2.45, 2.75) is 27.2 Å². The van der Waals surface area contributed by atoms with E-state index in [0.717, 1.165) is 29.1 Å². The molecular weight excluding hydrogens is 404 g/mol. The summed E-state index contributed by atoms with van der Waals surface area (Å²) in [5.41, 5.74) is 4.41. The Kier molecular flexibility index (Phi) is 6.12. The van der Waals surface area contributed by atoms with Crippen LogP contribution in [0.15, 0.2) is 67.0 Å². The van der Waals surface area contributed by atoms with Crippen LogP contribution in [-0.2, 0) is 6.42 Å². The number of hydrogen-bond acceptors (Lipinski definition) is 5. The summed E-state index contributed by atoms with van der Waals surface area (Å²) in [7, 11) is 0. The number of nitrogens with one attached hydrogen (secondary N) is 2. The molecule has 0 aliphatic carbocycles. The first-order valence-corrected chi connectivity index (χ1v) is 10.3. The van der Waals surface area contributed by atoms with Crippen molar-refractivity contribution in [3.05, 3.63) is 83.9 Å². The van der Waals surface area contributed by atoms with E-state index in [1.165, 1.54) is 6.33 Å². The molecule has 0 aliphatic heterocycles. The van der Waals surface area contributed by atoms with Gasteiger partial charge in [-0.3, -0.25) is 0 Å². The van der Waals surface area contributed by atoms with Gasteiger partial charge in [0.15, 0.2) is 5.82 Å². The maximum atomic E-state index is 12.3. The third-order valence-corrected chi connectivity index (χ3v) is 4.84. The van der Waals surface area contributed by atoms with Crippen LogP contribution >= 0.6 is 0 Å². The van der Waals surface area contributed by atoms with Crippen molar-refractivity contribution in [2.24, 2.45) is 0 Å². The molecule has 0 atom stereocenters. The van der Waals surface area contributed by atoms with E-state index in [0.29, 0.717) is 23.1 Å². The minimum atomic E-state index is -0.301. The molecule has 0 fully saturated rings. The molecular formula is C24H24N6O2. The number of amides is 2. The highest BCUT2D eigenvalue weighted by atomic mass is 16.5. The standard InChI is InChI=1S/C24H24N6O2/c1-4-18-7-5-6-8-21(18)28-24(31)27-19-9-11-20(12-10-19)32-23-14-22(25-15-26-23)30-17(3)13-16(2)29-30/h5-15H,4H2,1-3H3,(H2,27,28,31). The molecule has 4 rings (SSSR count). The fourth-order valence-electron chi connectivity index (χ4n) is 3.32. The fourth-order valence-corrected chi connectivity index (χ4v) is 3.32. The quantitative estimate of drug-likeness (QED) is 0.436. The number of anilines is 2. The van der Waals surface area contributed by atoms with Gasteiger partial charge in [0, 0.05) is 23.1 Å². The third-order valence-electron chi connectivity index (χ3n) is 4.84. The molecule has 0 saturated heterocycles. The molecule has 32 heavy (non-hydrogen) atoms. The summed E-state index contributed by atoms with van der Waals surface area (Å²) >= 11 is 0. The number of urea groups is 1. The van der Waals surface area contributed by atoms with E-state index in [9.17, 15) is 4.79 Å². The lowest BCUT2D eigenvalue weighted by Gasteiger charge is -2.11. The highest BCUT2D eigenvalue weighted by molar-refractivity contribution is 6.00. The summed E-state index contributed by atoms with van der Waals surface area (Å²) in [5, 5.41) is 10.1. The van der Waals surface area contributed by atoms with Gasteiger partial charge in [0.25, 0.3) is 0 Å². The Balaban J connectivity index is 1.40. The lowest BCUT2D eigenvalue weighted by molar-refractivity contribution is 0.262. The summed E-state index contributed by atoms with van der Waals surface area (Å²) in [6.07, 6.45) is 2.28. The number of ether oxygens (including phenoxy) is 1. The number of carbonyl (C=O) groups excluding carboxylic acids is 1. The zero-order chi connectivity index (χ0) is 22.5. The van der Waals surface area contributed by atoms with E-state index < -0.39 is 0 Å². The minimum absolute atomic E-state index is 0.301. The summed E-state index contributed by atoms with van der Waals surface area (Å²) in [4.78, 5) is 20.8. The normalized spacial score (nSPS) is 10.6. The van der Waals surface area contributed by atoms with Gasteiger partial charge < -0.3 is 15.4 Å². The van der Waals surface area contributed by atoms with Crippen molar-refractivity contribution >= 4 is 17.4 Å². The van der Waals surface area contributed by atoms with E-state index in [1.54, 1.807) is 35.0 Å². The van der Waals surface area contributed by atoms with Crippen LogP contribution in [0.4, 0.5) is 16.2 Å². The third kappa shape index (κ3) is 4.92. The number of para-hydroxylation sites is 1. The highest BCUT2D eigenvalue weighted by Crippen LogP contribution is 2.23. The summed E-state index contributed by atoms with van der Waals surface area (Å²) in [6, 6.07) is 18.2. The number of aryl methyl sites for hydroxylation is 3. The SMILES string of the molecule is CCc1ccccc1NC(=O)Nc1ccc(Oc2cc(-n3nc(C)cc3C)ncn2)cc1. The Hall–Kier alpha value is -4.20. The molecule has 0 spiro atoms. The molecule has 2 aromatic carbocycles. The monoisotopic (exact) mass is 428 g/mol. The van der Waals surface area contributed by atoms with Crippen LogP contribution in [0.5, 0.6) is 11.6 Å². The van der Waals surface area contributed by atoms with Crippen LogP contribution in [0.25, 0.3) is 5.82 Å². The van der Waals surface area contributed by atoms with Crippen molar-refractivity contribution in [3.8, 4) is 17.4 Å². The number of carbonyl (C=O) groups is 1. The minimum Gasteiger partial charge on any atom is -0.439 e. The molecule has 2 heterocycles. The first kappa shape index (κ1) is 21.0. The molecule has 162 valence electrons. The van der Waals surface area contributed by atoms with E-state index in [-0.39, 0.29) is 6.03 Å². The predicted octanol–water partition coefficient (Wildman–Crippen LogP) is 5.28. The number of hydrogen-bond donors (Lipinski definition) is 2. The Morgan fingerprint density at radius 2 is 1.78 bits per heavy atom. The summed E-state index contributed by atoms with van der Waals surface area (Å²) in [6.45, 7) is 5.95. The second-order valence-corrected chi connectivity index (χ2v) is 7.27. The Morgan fingerprint density at radius 3 is 2.50 bits per heavy atom. The average molecular weight is 428 g/mol. The fraction of sp³-hybridized carbons (Fsp3) is 0.167. The van der Waals surface area contributed by atoms with Crippen molar-refractivity contribution in [2.75, 3.05) is 10.6 Å². The van der Waals surface area contributed by atoms with Crippen LogP contribution in [0.1, 0.15) is 23.9 Å². The first-order chi connectivity index (χ1) is 15.5. The maximum absolute atomic E-state index is 12.3. The topological polar surface area (TPSA) is 94.0 Å². The van der Waals surface area contributed by atoms with Gasteiger partial charge in [0.1, 0.15) is 12.1 Å². The molecule has 0 unspecified atom stereocenters. The van der Waals surface area contributed by atoms with Gasteiger partial charge in [-0.15, -0.1) is 0 Å². The zero-order valence-corrected chi connectivity index (χ0v) is 18.2. The van der Waals surface area contributed by atoms with Crippen molar-refractivity contribution < 1.29 is 9.53 Å². The average Bonchev–Trinajstić information content (AvgIpc) is 3.13. The smallest absolute Gasteiger partial charge is 0.323 e. The van der Waals surface area contributed by atoms with Crippen LogP contribution in [0, 0.1) is 13.8 Å². The van der Waals surface area contributed by atoms with E-state index in [4.69, 9.17) is 4.74 Å². The van der Waals surface area contributed by atoms with Gasteiger partial charge in [-0.05, 0) is 62.2 Å². The lowest BCUT2D eigenvalue weighted by atomic mass is 10.1. The molecule has 0 bridgehead atoms. The molecule has 2 amide bonds. The van der Waals surface area contributed by atoms with Crippen molar-refractivity contribution in [3.63, 3.8) is 0 Å². The second-order valence-electron chi connectivity index (χ2n) is 7.27. The van der Waals surface area contributed by atoms with Gasteiger partial charge in [-0.2, -0.15) is 5.10 Å². The van der Waals surface area contributed by atoms with Crippen molar-refractivity contribution in [1.82, 2.24) is 19.7 Å². The molecule has 4 aromatic rings. The largest absolute Gasteiger partial charge is 0.439 e. The van der Waals surface area contributed by atoms with Gasteiger partial charge in [-0.25, -0.2) is 19.4 Å². The van der Waals surface area contributed by atoms with E-state index >= 15 is 0 Å². The predicted molar refractivity (Wildman–Crippen MR) is 124 cm³/mol. The molecule has 0 radical (unpaired) electrons. The molecule has 2 aromatic heterocycles. The summed E-state index contributed by atoms with van der Waals surface area (Å²) < 4.78 is 7.59. The van der Waals surface area contributed by atoms with E-state index in [2.05, 4.69) is 32.6 Å². The van der Waals surface area contributed by atoms with Crippen LogP contribution in [0.3, 0.4) is 0 Å². The van der Waals surface area contributed by atoms with Gasteiger partial charge >= 0.3 is 6.03 Å². The van der Waals surface area contributed by atoms with Gasteiger partial charge in [0.05, 0.1) is 5.69 Å². The number of nitrogens with zero attached hydrogens (tertiary/aromatic N) is 4. The molecule has 0 aliphatic rings. The van der Waals surface area contributed by atoms with Crippen LogP contribution < -0.4 is 15.4 Å². The highest BCUT2D eigenvalue weighted by Gasteiger charge is 2.09. The molecule has 8 heteroatoms. The van der Waals surface area contributed by atoms with E-state index in [1.807, 2.05) is 44.2 Å². The Bertz CT molecular complexity index is 1230.